The van der Waals surface area contributed by atoms with Gasteiger partial charge in [0.15, 0.2) is 5.75 Å². The Morgan fingerprint density at radius 1 is 1.04 bits per heavy atom. The SMILES string of the molecule is C=CC(=O)N1C[C@H](C)N(c2nc(=O)n3c4c(c(-c5cccc6ccccc56)c(Cl)cc24)OC[C@H]3CN2CCN(C)CC2)C[C@H]1C. The van der Waals surface area contributed by atoms with Crippen LogP contribution in [0.15, 0.2) is 66.0 Å². The molecule has 3 aliphatic rings. The maximum Gasteiger partial charge on any atom is 0.350 e. The zero-order chi connectivity index (χ0) is 31.4. The molecule has 0 unspecified atom stereocenters. The van der Waals surface area contributed by atoms with Gasteiger partial charge >= 0.3 is 5.69 Å². The van der Waals surface area contributed by atoms with Crippen molar-refractivity contribution in [2.45, 2.75) is 32.0 Å². The largest absolute Gasteiger partial charge is 0.488 e. The van der Waals surface area contributed by atoms with E-state index in [1.54, 1.807) is 0 Å². The number of benzene rings is 3. The van der Waals surface area contributed by atoms with Crippen LogP contribution in [-0.4, -0.2) is 102 Å². The fraction of sp³-hybridized carbons (Fsp3) is 0.400. The predicted molar refractivity (Wildman–Crippen MR) is 181 cm³/mol. The number of fused-ring (bicyclic) bond motifs is 1. The van der Waals surface area contributed by atoms with Gasteiger partial charge in [-0.25, -0.2) is 4.79 Å². The van der Waals surface area contributed by atoms with Gasteiger partial charge < -0.3 is 19.4 Å². The van der Waals surface area contributed by atoms with E-state index in [0.717, 1.165) is 59.0 Å². The van der Waals surface area contributed by atoms with E-state index in [-0.39, 0.29) is 29.7 Å². The second-order valence-electron chi connectivity index (χ2n) is 12.7. The van der Waals surface area contributed by atoms with Gasteiger partial charge in [0.1, 0.15) is 12.4 Å². The van der Waals surface area contributed by atoms with Crippen LogP contribution in [-0.2, 0) is 4.79 Å². The lowest BCUT2D eigenvalue weighted by molar-refractivity contribution is -0.128. The molecule has 0 aliphatic carbocycles. The molecule has 1 aromatic heterocycles. The third-order valence-corrected chi connectivity index (χ3v) is 10.0. The standard InChI is InChI=1S/C35H39ClN6O3/c1-5-30(43)40-18-23(3)41(19-22(40)2)34-28-17-29(36)31(27-12-8-10-24-9-6-7-11-26(24)27)33-32(28)42(35(44)37-34)25(21-45-33)20-39-15-13-38(4)14-16-39/h5-12,17,22-23,25H,1,13-16,18-21H2,2-4H3/t22-,23+,25-/m1/s1. The highest BCUT2D eigenvalue weighted by Gasteiger charge is 2.36. The number of aromatic nitrogens is 2. The third-order valence-electron chi connectivity index (χ3n) is 9.72. The third kappa shape index (κ3) is 5.16. The Labute approximate surface area is 268 Å². The highest BCUT2D eigenvalue weighted by Crippen LogP contribution is 2.48. The van der Waals surface area contributed by atoms with E-state index in [4.69, 9.17) is 21.3 Å². The van der Waals surface area contributed by atoms with E-state index in [2.05, 4.69) is 59.5 Å². The monoisotopic (exact) mass is 626 g/mol. The summed E-state index contributed by atoms with van der Waals surface area (Å²) in [7, 11) is 2.14. The second-order valence-corrected chi connectivity index (χ2v) is 13.1. The van der Waals surface area contributed by atoms with Gasteiger partial charge in [-0.15, -0.1) is 0 Å². The first-order valence-electron chi connectivity index (χ1n) is 15.8. The second kappa shape index (κ2) is 11.8. The lowest BCUT2D eigenvalue weighted by Crippen LogP contribution is -2.58. The Balaban J connectivity index is 1.42. The number of nitrogens with zero attached hydrogens (tertiary/aromatic N) is 6. The van der Waals surface area contributed by atoms with E-state index in [1.807, 2.05) is 40.7 Å². The number of halogens is 1. The lowest BCUT2D eigenvalue weighted by atomic mass is 9.95. The summed E-state index contributed by atoms with van der Waals surface area (Å²) in [4.78, 5) is 40.2. The fourth-order valence-corrected chi connectivity index (χ4v) is 7.58. The van der Waals surface area contributed by atoms with Crippen LogP contribution >= 0.6 is 11.6 Å². The first-order valence-corrected chi connectivity index (χ1v) is 16.1. The highest BCUT2D eigenvalue weighted by atomic mass is 35.5. The van der Waals surface area contributed by atoms with Crippen molar-refractivity contribution in [3.05, 3.63) is 76.7 Å². The van der Waals surface area contributed by atoms with Crippen molar-refractivity contribution in [3.63, 3.8) is 0 Å². The van der Waals surface area contributed by atoms with E-state index >= 15 is 0 Å². The predicted octanol–water partition coefficient (Wildman–Crippen LogP) is 4.66. The Morgan fingerprint density at radius 3 is 2.58 bits per heavy atom. The molecular formula is C35H39ClN6O3. The van der Waals surface area contributed by atoms with Crippen LogP contribution in [0, 0.1) is 0 Å². The van der Waals surface area contributed by atoms with Crippen molar-refractivity contribution < 1.29 is 9.53 Å². The van der Waals surface area contributed by atoms with Crippen molar-refractivity contribution in [2.75, 3.05) is 64.4 Å². The van der Waals surface area contributed by atoms with Gasteiger partial charge in [-0.2, -0.15) is 4.98 Å². The fourth-order valence-electron chi connectivity index (χ4n) is 7.28. The minimum Gasteiger partial charge on any atom is -0.488 e. The average molecular weight is 627 g/mol. The summed E-state index contributed by atoms with van der Waals surface area (Å²) in [6.07, 6.45) is 1.36. The molecule has 234 valence electrons. The molecule has 0 radical (unpaired) electrons. The molecule has 4 heterocycles. The Bertz CT molecular complexity index is 1860. The first kappa shape index (κ1) is 29.8. The summed E-state index contributed by atoms with van der Waals surface area (Å²) in [6, 6.07) is 16.0. The molecule has 0 bridgehead atoms. The molecule has 7 rings (SSSR count). The maximum atomic E-state index is 14.2. The number of likely N-dealkylation sites (N-methyl/N-ethyl adjacent to an activating group) is 1. The van der Waals surface area contributed by atoms with Gasteiger partial charge in [-0.1, -0.05) is 60.6 Å². The summed E-state index contributed by atoms with van der Waals surface area (Å²) < 4.78 is 8.56. The Morgan fingerprint density at radius 2 is 1.80 bits per heavy atom. The van der Waals surface area contributed by atoms with Gasteiger partial charge in [0.2, 0.25) is 5.91 Å². The van der Waals surface area contributed by atoms with E-state index < -0.39 is 0 Å². The number of carbonyl (C=O) groups excluding carboxylic acids is 1. The zero-order valence-electron chi connectivity index (χ0n) is 26.1. The Kier molecular flexibility index (Phi) is 7.79. The van der Waals surface area contributed by atoms with Crippen LogP contribution in [0.3, 0.4) is 0 Å². The summed E-state index contributed by atoms with van der Waals surface area (Å²) in [6.45, 7) is 13.7. The number of hydrogen-bond donors (Lipinski definition) is 0. The smallest absolute Gasteiger partial charge is 0.350 e. The quantitative estimate of drug-likeness (QED) is 0.298. The minimum atomic E-state index is -0.295. The van der Waals surface area contributed by atoms with Crippen molar-refractivity contribution in [1.82, 2.24) is 24.3 Å². The zero-order valence-corrected chi connectivity index (χ0v) is 26.8. The summed E-state index contributed by atoms with van der Waals surface area (Å²) >= 11 is 7.21. The molecule has 4 aromatic rings. The van der Waals surface area contributed by atoms with Gasteiger partial charge in [0.25, 0.3) is 0 Å². The topological polar surface area (TPSA) is 74.1 Å². The van der Waals surface area contributed by atoms with Crippen LogP contribution in [0.25, 0.3) is 32.8 Å². The molecule has 2 saturated heterocycles. The Hall–Kier alpha value is -3.92. The first-order chi connectivity index (χ1) is 21.7. The lowest BCUT2D eigenvalue weighted by Gasteiger charge is -2.45. The normalized spacial score (nSPS) is 22.5. The number of carbonyl (C=O) groups is 1. The molecular weight excluding hydrogens is 588 g/mol. The number of ether oxygens (including phenoxy) is 1. The molecule has 3 atom stereocenters. The van der Waals surface area contributed by atoms with E-state index in [1.165, 1.54) is 6.08 Å². The number of piperazine rings is 2. The molecule has 2 fully saturated rings. The molecule has 3 aliphatic heterocycles. The number of hydrogen-bond acceptors (Lipinski definition) is 7. The van der Waals surface area contributed by atoms with Gasteiger partial charge in [0, 0.05) is 68.8 Å². The van der Waals surface area contributed by atoms with Crippen LogP contribution in [0.5, 0.6) is 5.75 Å². The van der Waals surface area contributed by atoms with E-state index in [0.29, 0.717) is 42.8 Å². The average Bonchev–Trinajstić information content (AvgIpc) is 3.04. The maximum absolute atomic E-state index is 14.2. The van der Waals surface area contributed by atoms with E-state index in [9.17, 15) is 9.59 Å². The molecule has 10 heteroatoms. The molecule has 9 nitrogen and oxygen atoms in total. The van der Waals surface area contributed by atoms with Crippen LogP contribution in [0.1, 0.15) is 19.9 Å². The molecule has 3 aromatic carbocycles. The molecule has 1 amide bonds. The molecule has 0 saturated carbocycles. The van der Waals surface area contributed by atoms with Gasteiger partial charge in [0.05, 0.1) is 16.6 Å². The number of amides is 1. The van der Waals surface area contributed by atoms with Gasteiger partial charge in [-0.3, -0.25) is 14.3 Å². The number of rotatable bonds is 5. The molecule has 0 spiro atoms. The number of anilines is 1. The van der Waals surface area contributed by atoms with Crippen molar-refractivity contribution >= 4 is 45.0 Å². The minimum absolute atomic E-state index is 0.0824. The van der Waals surface area contributed by atoms with Crippen LogP contribution in [0.2, 0.25) is 5.02 Å². The van der Waals surface area contributed by atoms with Crippen molar-refractivity contribution in [2.24, 2.45) is 0 Å². The summed E-state index contributed by atoms with van der Waals surface area (Å²) in [5.41, 5.74) is 2.18. The molecule has 45 heavy (non-hydrogen) atoms. The van der Waals surface area contributed by atoms with Crippen LogP contribution < -0.4 is 15.3 Å². The van der Waals surface area contributed by atoms with Crippen molar-refractivity contribution in [1.29, 1.82) is 0 Å². The summed E-state index contributed by atoms with van der Waals surface area (Å²) in [5, 5.41) is 3.49. The van der Waals surface area contributed by atoms with Crippen LogP contribution in [0.4, 0.5) is 5.82 Å². The van der Waals surface area contributed by atoms with Crippen molar-refractivity contribution in [3.8, 4) is 16.9 Å². The highest BCUT2D eigenvalue weighted by molar-refractivity contribution is 6.35. The summed E-state index contributed by atoms with van der Waals surface area (Å²) in [5.74, 6) is 1.10. The molecule has 0 N–H and O–H groups in total. The van der Waals surface area contributed by atoms with Gasteiger partial charge in [-0.05, 0) is 49.4 Å².